The minimum Gasteiger partial charge on any atom is -0.504 e. The number of nitrogens with two attached hydrogens (primary N) is 1. The summed E-state index contributed by atoms with van der Waals surface area (Å²) >= 11 is 1.68. The topological polar surface area (TPSA) is 133 Å². The molecule has 0 atom stereocenters. The fourth-order valence-electron chi connectivity index (χ4n) is 2.70. The fraction of sp³-hybridized carbons (Fsp3) is 0.294. The molecule has 1 heterocycles. The van der Waals surface area contributed by atoms with Crippen molar-refractivity contribution in [2.45, 2.75) is 25.7 Å². The molecule has 1 aromatic carbocycles. The summed E-state index contributed by atoms with van der Waals surface area (Å²) in [5.74, 6) is -1.93. The normalized spacial score (nSPS) is 12.5. The lowest BCUT2D eigenvalue weighted by Gasteiger charge is -2.10. The average molecular weight is 364 g/mol. The summed E-state index contributed by atoms with van der Waals surface area (Å²) in [5.41, 5.74) is 7.42. The van der Waals surface area contributed by atoms with E-state index in [1.54, 1.807) is 11.3 Å². The van der Waals surface area contributed by atoms with Gasteiger partial charge in [-0.15, -0.1) is 11.3 Å². The van der Waals surface area contributed by atoms with E-state index in [4.69, 9.17) is 21.1 Å². The molecule has 3 rings (SSSR count). The third kappa shape index (κ3) is 4.03. The van der Waals surface area contributed by atoms with Crippen molar-refractivity contribution in [1.29, 1.82) is 0 Å². The van der Waals surface area contributed by atoms with Crippen molar-refractivity contribution in [3.8, 4) is 17.2 Å². The van der Waals surface area contributed by atoms with E-state index in [0.717, 1.165) is 35.5 Å². The number of benzene rings is 1. The number of carbonyl (C=O) groups excluding carboxylic acids is 2. The van der Waals surface area contributed by atoms with E-state index >= 15 is 0 Å². The van der Waals surface area contributed by atoms with E-state index < -0.39 is 17.2 Å². The molecule has 0 saturated heterocycles. The summed E-state index contributed by atoms with van der Waals surface area (Å²) in [7, 11) is 1.84. The van der Waals surface area contributed by atoms with Crippen LogP contribution in [0.5, 0.6) is 17.2 Å². The molecule has 0 aliphatic heterocycles. The second-order valence-electron chi connectivity index (χ2n) is 5.55. The lowest BCUT2D eigenvalue weighted by molar-refractivity contribution is 0.1000. The quantitative estimate of drug-likeness (QED) is 0.419. The molecule has 0 radical (unpaired) electrons. The first kappa shape index (κ1) is 18.6. The zero-order chi connectivity index (χ0) is 18.6. The van der Waals surface area contributed by atoms with Gasteiger partial charge in [0.15, 0.2) is 17.2 Å². The van der Waals surface area contributed by atoms with Crippen LogP contribution in [-0.2, 0) is 12.8 Å². The van der Waals surface area contributed by atoms with Gasteiger partial charge in [-0.1, -0.05) is 0 Å². The summed E-state index contributed by atoms with van der Waals surface area (Å²) in [5, 5.41) is 30.5. The molecule has 0 fully saturated rings. The van der Waals surface area contributed by atoms with Gasteiger partial charge >= 0.3 is 0 Å². The Hall–Kier alpha value is -2.74. The smallest absolute Gasteiger partial charge is 0.251 e. The third-order valence-corrected chi connectivity index (χ3v) is 5.18. The van der Waals surface area contributed by atoms with E-state index in [1.807, 2.05) is 7.05 Å². The van der Waals surface area contributed by atoms with Crippen molar-refractivity contribution < 1.29 is 24.9 Å². The van der Waals surface area contributed by atoms with E-state index in [2.05, 4.69) is 5.32 Å². The number of hydrogen-bond acceptors (Lipinski definition) is 7. The third-order valence-electron chi connectivity index (χ3n) is 3.87. The van der Waals surface area contributed by atoms with Crippen LogP contribution in [0.3, 0.4) is 0 Å². The molecule has 2 aromatic rings. The van der Waals surface area contributed by atoms with Crippen molar-refractivity contribution in [2.75, 3.05) is 12.4 Å². The number of anilines is 1. The number of carbonyl (C=O) groups is 2. The van der Waals surface area contributed by atoms with Gasteiger partial charge in [0.1, 0.15) is 11.3 Å². The Morgan fingerprint density at radius 3 is 2.32 bits per heavy atom. The lowest BCUT2D eigenvalue weighted by atomic mass is 9.95. The molecule has 6 N–H and O–H groups in total. The lowest BCUT2D eigenvalue weighted by Crippen LogP contribution is -2.15. The van der Waals surface area contributed by atoms with Crippen molar-refractivity contribution >= 4 is 28.5 Å². The van der Waals surface area contributed by atoms with Crippen LogP contribution in [0.15, 0.2) is 12.1 Å². The number of hydrogen-bond donors (Lipinski definition) is 5. The van der Waals surface area contributed by atoms with Crippen LogP contribution >= 0.6 is 11.3 Å². The molecule has 25 heavy (non-hydrogen) atoms. The maximum Gasteiger partial charge on any atom is 0.251 e. The second-order valence-corrected chi connectivity index (χ2v) is 6.66. The van der Waals surface area contributed by atoms with Gasteiger partial charge < -0.3 is 26.4 Å². The molecule has 0 bridgehead atoms. The van der Waals surface area contributed by atoms with Crippen LogP contribution in [0.4, 0.5) is 5.00 Å². The van der Waals surface area contributed by atoms with Crippen LogP contribution in [0, 0.1) is 0 Å². The molecule has 134 valence electrons. The summed E-state index contributed by atoms with van der Waals surface area (Å²) < 4.78 is 0. The van der Waals surface area contributed by atoms with Gasteiger partial charge in [0.2, 0.25) is 0 Å². The zero-order valence-electron chi connectivity index (χ0n) is 13.7. The van der Waals surface area contributed by atoms with E-state index in [-0.39, 0.29) is 11.5 Å². The van der Waals surface area contributed by atoms with Gasteiger partial charge in [-0.05, 0) is 43.4 Å². The molecule has 1 aliphatic rings. The van der Waals surface area contributed by atoms with Gasteiger partial charge in [0.05, 0.1) is 5.56 Å². The van der Waals surface area contributed by atoms with E-state index in [1.165, 1.54) is 23.3 Å². The van der Waals surface area contributed by atoms with E-state index in [9.17, 15) is 9.59 Å². The Morgan fingerprint density at radius 2 is 1.80 bits per heavy atom. The van der Waals surface area contributed by atoms with Crippen LogP contribution in [0.1, 0.15) is 44.0 Å². The molecule has 1 amide bonds. The number of primary amides is 1. The maximum atomic E-state index is 11.3. The maximum absolute atomic E-state index is 11.3. The first-order valence-corrected chi connectivity index (χ1v) is 8.52. The molecule has 1 aromatic heterocycles. The fourth-order valence-corrected chi connectivity index (χ4v) is 3.94. The molecular formula is C17H20N2O5S. The highest BCUT2D eigenvalue weighted by atomic mass is 32.1. The Morgan fingerprint density at radius 1 is 1.20 bits per heavy atom. The SMILES string of the molecule is CNc1sc2c(c1C(N)=O)CCCC2.O=Cc1cc(O)c(O)c(O)c1. The Labute approximate surface area is 148 Å². The average Bonchev–Trinajstić information content (AvgIpc) is 2.98. The minimum atomic E-state index is -0.615. The van der Waals surface area contributed by atoms with Crippen LogP contribution < -0.4 is 11.1 Å². The highest BCUT2D eigenvalue weighted by Crippen LogP contribution is 2.37. The van der Waals surface area contributed by atoms with Crippen LogP contribution in [0.25, 0.3) is 0 Å². The standard InChI is InChI=1S/C10H14N2OS.C7H6O4/c1-12-10-8(9(11)13)6-4-2-3-5-7(6)14-10;8-3-4-1-5(9)7(11)6(10)2-4/h12H,2-5H2,1H3,(H2,11,13);1-3,9-11H. The number of phenols is 3. The zero-order valence-corrected chi connectivity index (χ0v) is 14.5. The molecule has 0 spiro atoms. The number of aryl methyl sites for hydroxylation is 1. The second kappa shape index (κ2) is 7.89. The summed E-state index contributed by atoms with van der Waals surface area (Å²) in [6, 6.07) is 2.12. The highest BCUT2D eigenvalue weighted by Gasteiger charge is 2.22. The number of amides is 1. The van der Waals surface area contributed by atoms with Gasteiger partial charge in [-0.3, -0.25) is 9.59 Å². The summed E-state index contributed by atoms with van der Waals surface area (Å²) in [4.78, 5) is 22.8. The minimum absolute atomic E-state index is 0.109. The van der Waals surface area contributed by atoms with Crippen LogP contribution in [-0.4, -0.2) is 34.6 Å². The van der Waals surface area contributed by atoms with Gasteiger partial charge in [-0.2, -0.15) is 0 Å². The summed E-state index contributed by atoms with van der Waals surface area (Å²) in [6.45, 7) is 0. The van der Waals surface area contributed by atoms with Crippen molar-refractivity contribution in [3.05, 3.63) is 33.7 Å². The largest absolute Gasteiger partial charge is 0.504 e. The molecule has 1 aliphatic carbocycles. The summed E-state index contributed by atoms with van der Waals surface area (Å²) in [6.07, 6.45) is 4.97. The van der Waals surface area contributed by atoms with Gasteiger partial charge in [0.25, 0.3) is 5.91 Å². The monoisotopic (exact) mass is 364 g/mol. The first-order chi connectivity index (χ1) is 11.9. The Kier molecular flexibility index (Phi) is 5.87. The molecule has 0 unspecified atom stereocenters. The number of nitrogens with one attached hydrogen (secondary N) is 1. The molecule has 0 saturated carbocycles. The predicted molar refractivity (Wildman–Crippen MR) is 95.8 cm³/mol. The number of phenolic OH excluding ortho intramolecular Hbond substituents is 3. The highest BCUT2D eigenvalue weighted by molar-refractivity contribution is 7.16. The van der Waals surface area contributed by atoms with Crippen molar-refractivity contribution in [2.24, 2.45) is 5.73 Å². The number of rotatable bonds is 3. The molecule has 8 heteroatoms. The number of fused-ring (bicyclic) bond motifs is 1. The Balaban J connectivity index is 0.000000186. The molecule has 7 nitrogen and oxygen atoms in total. The van der Waals surface area contributed by atoms with Crippen LogP contribution in [0.2, 0.25) is 0 Å². The van der Waals surface area contributed by atoms with Crippen molar-refractivity contribution in [3.63, 3.8) is 0 Å². The Bertz CT molecular complexity index is 778. The van der Waals surface area contributed by atoms with Crippen molar-refractivity contribution in [1.82, 2.24) is 0 Å². The number of aromatic hydroxyl groups is 3. The van der Waals surface area contributed by atoms with E-state index in [0.29, 0.717) is 6.29 Å². The molecular weight excluding hydrogens is 344 g/mol. The van der Waals surface area contributed by atoms with Gasteiger partial charge in [0, 0.05) is 17.5 Å². The first-order valence-electron chi connectivity index (χ1n) is 7.71. The number of aldehydes is 1. The predicted octanol–water partition coefficient (Wildman–Crippen LogP) is 2.38. The number of thiophene rings is 1. The van der Waals surface area contributed by atoms with Gasteiger partial charge in [-0.25, -0.2) is 0 Å².